The van der Waals surface area contributed by atoms with Crippen LogP contribution in [0.3, 0.4) is 0 Å². The van der Waals surface area contributed by atoms with Crippen LogP contribution >= 0.6 is 0 Å². The molecular formula is C26H23N2O5S2+. The SMILES string of the molecule is COCc1ccc2c(c1)C(S(=O)(=O)Oc1ccc([S+]3CCCC3)c3ccccc13)=CC(=[N+]=[N-])C2=O. The number of nitrogens with zero attached hydrogens (tertiary/aromatic N) is 2. The Bertz CT molecular complexity index is 1530. The highest BCUT2D eigenvalue weighted by Crippen LogP contribution is 2.38. The molecule has 0 radical (unpaired) electrons. The van der Waals surface area contributed by atoms with E-state index in [1.807, 2.05) is 30.3 Å². The van der Waals surface area contributed by atoms with Crippen molar-refractivity contribution in [2.45, 2.75) is 24.3 Å². The Balaban J connectivity index is 1.60. The molecule has 1 aliphatic heterocycles. The van der Waals surface area contributed by atoms with Gasteiger partial charge in [-0.2, -0.15) is 13.2 Å². The maximum atomic E-state index is 13.6. The van der Waals surface area contributed by atoms with E-state index < -0.39 is 15.9 Å². The molecule has 0 saturated carbocycles. The average Bonchev–Trinajstić information content (AvgIpc) is 3.39. The lowest BCUT2D eigenvalue weighted by Crippen LogP contribution is -2.24. The van der Waals surface area contributed by atoms with Crippen LogP contribution in [0.15, 0.2) is 65.6 Å². The smallest absolute Gasteiger partial charge is 0.364 e. The second-order valence-electron chi connectivity index (χ2n) is 8.39. The molecule has 2 aliphatic rings. The van der Waals surface area contributed by atoms with Crippen molar-refractivity contribution in [1.29, 1.82) is 0 Å². The van der Waals surface area contributed by atoms with E-state index >= 15 is 0 Å². The Morgan fingerprint density at radius 3 is 2.46 bits per heavy atom. The molecule has 178 valence electrons. The molecule has 0 spiro atoms. The summed E-state index contributed by atoms with van der Waals surface area (Å²) in [7, 11) is -2.72. The largest absolute Gasteiger partial charge is 0.380 e. The molecule has 1 aliphatic carbocycles. The van der Waals surface area contributed by atoms with Gasteiger partial charge in [-0.15, -0.1) is 0 Å². The topological polar surface area (TPSA) is 106 Å². The van der Waals surface area contributed by atoms with E-state index in [-0.39, 0.29) is 45.0 Å². The predicted octanol–water partition coefficient (Wildman–Crippen LogP) is 4.37. The molecule has 0 aromatic heterocycles. The summed E-state index contributed by atoms with van der Waals surface area (Å²) < 4.78 is 38.0. The Hall–Kier alpha value is -3.23. The van der Waals surface area contributed by atoms with Crippen LogP contribution in [0, 0.1) is 0 Å². The number of hydrogen-bond acceptors (Lipinski definition) is 5. The molecule has 5 rings (SSSR count). The van der Waals surface area contributed by atoms with E-state index in [4.69, 9.17) is 8.92 Å². The summed E-state index contributed by atoms with van der Waals surface area (Å²) in [6.45, 7) is 0.241. The van der Waals surface area contributed by atoms with E-state index in [0.29, 0.717) is 10.9 Å². The van der Waals surface area contributed by atoms with Crippen molar-refractivity contribution in [2.24, 2.45) is 0 Å². The lowest BCUT2D eigenvalue weighted by Gasteiger charge is -2.17. The van der Waals surface area contributed by atoms with Gasteiger partial charge in [-0.1, -0.05) is 24.3 Å². The van der Waals surface area contributed by atoms with Crippen molar-refractivity contribution in [3.63, 3.8) is 0 Å². The molecule has 0 bridgehead atoms. The van der Waals surface area contributed by atoms with Crippen molar-refractivity contribution in [3.8, 4) is 5.75 Å². The van der Waals surface area contributed by atoms with Crippen molar-refractivity contribution < 1.29 is 26.9 Å². The van der Waals surface area contributed by atoms with E-state index in [0.717, 1.165) is 23.0 Å². The van der Waals surface area contributed by atoms with Crippen molar-refractivity contribution in [1.82, 2.24) is 0 Å². The number of Topliss-reactive ketones (excluding diaryl/α,β-unsaturated/α-hetero) is 1. The number of carbonyl (C=O) groups excluding carboxylic acids is 1. The molecule has 3 aromatic rings. The lowest BCUT2D eigenvalue weighted by molar-refractivity contribution is -0.00437. The van der Waals surface area contributed by atoms with Crippen LogP contribution in [0.4, 0.5) is 0 Å². The standard InChI is InChI=1S/C26H23N2O5S2/c1-32-16-17-8-9-20-21(14-17)25(15-22(28-27)26(20)29)35(30,31)33-23-10-11-24(34-12-4-5-13-34)19-7-3-2-6-18(19)23/h2-3,6-11,14-15H,4-5,12-13,16H2,1H3/q+1. The summed E-state index contributed by atoms with van der Waals surface area (Å²) in [6.07, 6.45) is 3.46. The first-order valence-electron chi connectivity index (χ1n) is 11.2. The summed E-state index contributed by atoms with van der Waals surface area (Å²) >= 11 is 0. The van der Waals surface area contributed by atoms with Crippen molar-refractivity contribution in [2.75, 3.05) is 18.6 Å². The quantitative estimate of drug-likeness (QED) is 0.213. The first kappa shape index (κ1) is 23.5. The molecule has 0 N–H and O–H groups in total. The summed E-state index contributed by atoms with van der Waals surface area (Å²) in [5.41, 5.74) is 9.96. The van der Waals surface area contributed by atoms with Gasteiger partial charge in [0.15, 0.2) is 10.6 Å². The third-order valence-electron chi connectivity index (χ3n) is 6.17. The maximum Gasteiger partial charge on any atom is 0.364 e. The highest BCUT2D eigenvalue weighted by Gasteiger charge is 2.37. The summed E-state index contributed by atoms with van der Waals surface area (Å²) in [6, 6.07) is 16.1. The second-order valence-corrected chi connectivity index (χ2v) is 12.1. The Morgan fingerprint density at radius 2 is 1.74 bits per heavy atom. The summed E-state index contributed by atoms with van der Waals surface area (Å²) in [5.74, 6) is 1.93. The zero-order valence-electron chi connectivity index (χ0n) is 19.1. The van der Waals surface area contributed by atoms with Gasteiger partial charge in [-0.25, -0.2) is 0 Å². The number of ether oxygens (including phenoxy) is 1. The van der Waals surface area contributed by atoms with Gasteiger partial charge in [-0.05, 0) is 48.7 Å². The Labute approximate surface area is 206 Å². The molecule has 0 atom stereocenters. The zero-order valence-corrected chi connectivity index (χ0v) is 20.7. The van der Waals surface area contributed by atoms with E-state index in [2.05, 4.69) is 4.79 Å². The molecule has 3 aromatic carbocycles. The highest BCUT2D eigenvalue weighted by molar-refractivity contribution is 7.97. The molecule has 1 fully saturated rings. The van der Waals surface area contributed by atoms with Crippen LogP contribution in [0.1, 0.15) is 34.3 Å². The van der Waals surface area contributed by atoms with Crippen molar-refractivity contribution in [3.05, 3.63) is 82.9 Å². The van der Waals surface area contributed by atoms with Crippen molar-refractivity contribution >= 4 is 48.2 Å². The minimum absolute atomic E-state index is 0.116. The van der Waals surface area contributed by atoms with Gasteiger partial charge in [0.1, 0.15) is 16.4 Å². The van der Waals surface area contributed by atoms with Gasteiger partial charge in [0.2, 0.25) is 0 Å². The molecule has 35 heavy (non-hydrogen) atoms. The maximum absolute atomic E-state index is 13.6. The average molecular weight is 508 g/mol. The van der Waals surface area contributed by atoms with Crippen LogP contribution in [0.2, 0.25) is 0 Å². The highest BCUT2D eigenvalue weighted by atomic mass is 32.2. The first-order chi connectivity index (χ1) is 16.9. The molecule has 0 unspecified atom stereocenters. The van der Waals surface area contributed by atoms with Crippen LogP contribution in [0.5, 0.6) is 5.75 Å². The van der Waals surface area contributed by atoms with Gasteiger partial charge >= 0.3 is 15.8 Å². The second kappa shape index (κ2) is 9.43. The van der Waals surface area contributed by atoms with Crippen LogP contribution in [-0.4, -0.2) is 43.3 Å². The predicted molar refractivity (Wildman–Crippen MR) is 136 cm³/mol. The normalized spacial score (nSPS) is 16.2. The molecule has 0 amide bonds. The molecule has 7 nitrogen and oxygen atoms in total. The van der Waals surface area contributed by atoms with Crippen LogP contribution < -0.4 is 4.18 Å². The number of carbonyl (C=O) groups is 1. The van der Waals surface area contributed by atoms with Gasteiger partial charge in [0.05, 0.1) is 12.7 Å². The van der Waals surface area contributed by atoms with Gasteiger partial charge in [-0.3, -0.25) is 4.79 Å². The zero-order chi connectivity index (χ0) is 24.6. The Kier molecular flexibility index (Phi) is 6.34. The van der Waals surface area contributed by atoms with Gasteiger partial charge in [0.25, 0.3) is 5.78 Å². The monoisotopic (exact) mass is 507 g/mol. The minimum atomic E-state index is -4.39. The number of methoxy groups -OCH3 is 1. The van der Waals surface area contributed by atoms with Crippen LogP contribution in [-0.2, 0) is 32.4 Å². The number of ketones is 1. The fourth-order valence-corrected chi connectivity index (χ4v) is 8.21. The number of benzene rings is 3. The van der Waals surface area contributed by atoms with Crippen LogP contribution in [0.25, 0.3) is 21.2 Å². The molecule has 1 heterocycles. The lowest BCUT2D eigenvalue weighted by atomic mass is 9.93. The first-order valence-corrected chi connectivity index (χ1v) is 14.1. The third-order valence-corrected chi connectivity index (χ3v) is 9.98. The van der Waals surface area contributed by atoms with E-state index in [1.165, 1.54) is 30.9 Å². The minimum Gasteiger partial charge on any atom is -0.380 e. The molecular weight excluding hydrogens is 484 g/mol. The van der Waals surface area contributed by atoms with Gasteiger partial charge in [0, 0.05) is 39.9 Å². The Morgan fingerprint density at radius 1 is 1.00 bits per heavy atom. The number of hydrogen-bond donors (Lipinski definition) is 0. The van der Waals surface area contributed by atoms with Gasteiger partial charge < -0.3 is 14.5 Å². The summed E-state index contributed by atoms with van der Waals surface area (Å²) in [5, 5.41) is 1.70. The van der Waals surface area contributed by atoms with E-state index in [9.17, 15) is 18.7 Å². The number of rotatable bonds is 6. The van der Waals surface area contributed by atoms with E-state index in [1.54, 1.807) is 18.2 Å². The number of allylic oxidation sites excluding steroid dienone is 1. The molecule has 9 heteroatoms. The fourth-order valence-electron chi connectivity index (χ4n) is 4.54. The fraction of sp³-hybridized carbons (Fsp3) is 0.231. The number of fused-ring (bicyclic) bond motifs is 2. The third kappa shape index (κ3) is 4.32. The molecule has 1 saturated heterocycles. The summed E-state index contributed by atoms with van der Waals surface area (Å²) in [4.78, 5) is 16.7.